The lowest BCUT2D eigenvalue weighted by Gasteiger charge is -2.34. The average molecular weight is 442 g/mol. The van der Waals surface area contributed by atoms with E-state index in [0.717, 1.165) is 41.4 Å². The Hall–Kier alpha value is -2.26. The smallest absolute Gasteiger partial charge is 0.244 e. The molecule has 8 heteroatoms. The number of hydrogen-bond donors (Lipinski definition) is 0. The Morgan fingerprint density at radius 1 is 1.13 bits per heavy atom. The molecule has 1 atom stereocenters. The van der Waals surface area contributed by atoms with E-state index in [9.17, 15) is 8.42 Å². The summed E-state index contributed by atoms with van der Waals surface area (Å²) < 4.78 is 34.1. The zero-order valence-electron chi connectivity index (χ0n) is 16.7. The molecule has 1 fully saturated rings. The van der Waals surface area contributed by atoms with Gasteiger partial charge in [0, 0.05) is 31.2 Å². The summed E-state index contributed by atoms with van der Waals surface area (Å²) in [6, 6.07) is 15.1. The number of aromatic nitrogens is 1. The summed E-state index contributed by atoms with van der Waals surface area (Å²) in [6.07, 6.45) is 2.59. The number of likely N-dealkylation sites (tertiary alicyclic amines) is 1. The fraction of sp³-hybridized carbons (Fsp3) is 0.318. The van der Waals surface area contributed by atoms with E-state index in [1.54, 1.807) is 28.8 Å². The zero-order valence-corrected chi connectivity index (χ0v) is 18.3. The zero-order chi connectivity index (χ0) is 20.8. The van der Waals surface area contributed by atoms with Crippen molar-refractivity contribution < 1.29 is 13.2 Å². The van der Waals surface area contributed by atoms with E-state index in [0.29, 0.717) is 18.0 Å². The van der Waals surface area contributed by atoms with Gasteiger partial charge in [-0.2, -0.15) is 4.31 Å². The molecular formula is C22H23N3O3S2. The monoisotopic (exact) mass is 441 g/mol. The van der Waals surface area contributed by atoms with Crippen molar-refractivity contribution in [2.24, 2.45) is 0 Å². The van der Waals surface area contributed by atoms with Crippen LogP contribution in [-0.2, 0) is 28.7 Å². The number of hydrogen-bond acceptors (Lipinski definition) is 6. The van der Waals surface area contributed by atoms with E-state index in [-0.39, 0.29) is 0 Å². The van der Waals surface area contributed by atoms with Crippen molar-refractivity contribution in [3.63, 3.8) is 0 Å². The topological polar surface area (TPSA) is 62.7 Å². The Morgan fingerprint density at radius 3 is 2.67 bits per heavy atom. The number of fused-ring (bicyclic) bond motifs is 2. The fourth-order valence-corrected chi connectivity index (χ4v) is 7.35. The van der Waals surface area contributed by atoms with Crippen LogP contribution in [0.25, 0.3) is 0 Å². The lowest BCUT2D eigenvalue weighted by Crippen LogP contribution is -2.45. The third-order valence-corrected chi connectivity index (χ3v) is 8.82. The van der Waals surface area contributed by atoms with Gasteiger partial charge in [-0.3, -0.25) is 4.90 Å². The number of nitrogens with zero attached hydrogens (tertiary/aromatic N) is 3. The summed E-state index contributed by atoms with van der Waals surface area (Å²) in [5.41, 5.74) is 1.32. The molecule has 0 unspecified atom stereocenters. The van der Waals surface area contributed by atoms with Crippen molar-refractivity contribution in [2.45, 2.75) is 29.9 Å². The highest BCUT2D eigenvalue weighted by Crippen LogP contribution is 2.50. The second kappa shape index (κ2) is 7.46. The molecule has 6 nitrogen and oxygen atoms in total. The van der Waals surface area contributed by atoms with Crippen LogP contribution in [0.3, 0.4) is 0 Å². The Balaban J connectivity index is 1.52. The molecule has 0 N–H and O–H groups in total. The molecule has 1 saturated heterocycles. The van der Waals surface area contributed by atoms with Crippen molar-refractivity contribution in [3.05, 3.63) is 76.2 Å². The SMILES string of the molecule is COc1ccc(CN2[C@]3(CCN(Cc4nccs4)C3)c3ccccc3S2(=O)=O)cc1. The number of benzene rings is 2. The van der Waals surface area contributed by atoms with E-state index >= 15 is 0 Å². The van der Waals surface area contributed by atoms with Crippen LogP contribution in [0.1, 0.15) is 22.6 Å². The normalized spacial score (nSPS) is 23.1. The molecule has 0 saturated carbocycles. The maximum absolute atomic E-state index is 13.6. The van der Waals surface area contributed by atoms with Crippen molar-refractivity contribution in [1.82, 2.24) is 14.2 Å². The lowest BCUT2D eigenvalue weighted by atomic mass is 9.88. The van der Waals surface area contributed by atoms with E-state index in [4.69, 9.17) is 4.74 Å². The quantitative estimate of drug-likeness (QED) is 0.607. The Morgan fingerprint density at radius 2 is 1.93 bits per heavy atom. The first-order chi connectivity index (χ1) is 14.5. The van der Waals surface area contributed by atoms with E-state index in [1.807, 2.05) is 54.0 Å². The van der Waals surface area contributed by atoms with Crippen LogP contribution in [0, 0.1) is 0 Å². The van der Waals surface area contributed by atoms with Crippen LogP contribution in [0.5, 0.6) is 5.75 Å². The molecule has 5 rings (SSSR count). The van der Waals surface area contributed by atoms with Crippen LogP contribution in [0.2, 0.25) is 0 Å². The third kappa shape index (κ3) is 3.15. The maximum Gasteiger partial charge on any atom is 0.244 e. The van der Waals surface area contributed by atoms with Crippen molar-refractivity contribution in [1.29, 1.82) is 0 Å². The summed E-state index contributed by atoms with van der Waals surface area (Å²) in [6.45, 7) is 2.59. The third-order valence-electron chi connectivity index (χ3n) is 6.09. The summed E-state index contributed by atoms with van der Waals surface area (Å²) in [5, 5.41) is 3.04. The summed E-state index contributed by atoms with van der Waals surface area (Å²) in [5.74, 6) is 0.761. The van der Waals surface area contributed by atoms with Gasteiger partial charge < -0.3 is 4.74 Å². The number of thiazole rings is 1. The van der Waals surface area contributed by atoms with Crippen LogP contribution >= 0.6 is 11.3 Å². The van der Waals surface area contributed by atoms with Crippen LogP contribution in [0.4, 0.5) is 0 Å². The number of ether oxygens (including phenoxy) is 1. The Bertz CT molecular complexity index is 1150. The van der Waals surface area contributed by atoms with Crippen molar-refractivity contribution >= 4 is 21.4 Å². The first kappa shape index (κ1) is 19.7. The second-order valence-corrected chi connectivity index (χ2v) is 10.6. The number of rotatable bonds is 5. The van der Waals surface area contributed by atoms with Gasteiger partial charge in [0.1, 0.15) is 10.8 Å². The van der Waals surface area contributed by atoms with Gasteiger partial charge in [-0.1, -0.05) is 30.3 Å². The highest BCUT2D eigenvalue weighted by molar-refractivity contribution is 7.89. The largest absolute Gasteiger partial charge is 0.497 e. The minimum Gasteiger partial charge on any atom is -0.497 e. The van der Waals surface area contributed by atoms with Gasteiger partial charge in [0.2, 0.25) is 10.0 Å². The van der Waals surface area contributed by atoms with E-state index in [2.05, 4.69) is 9.88 Å². The van der Waals surface area contributed by atoms with Gasteiger partial charge in [0.15, 0.2) is 0 Å². The molecular weight excluding hydrogens is 418 g/mol. The van der Waals surface area contributed by atoms with Gasteiger partial charge in [-0.15, -0.1) is 11.3 Å². The highest BCUT2D eigenvalue weighted by atomic mass is 32.2. The molecule has 0 amide bonds. The first-order valence-electron chi connectivity index (χ1n) is 9.89. The molecule has 156 valence electrons. The Kier molecular flexibility index (Phi) is 4.89. The molecule has 3 aromatic rings. The maximum atomic E-state index is 13.6. The minimum atomic E-state index is -3.58. The summed E-state index contributed by atoms with van der Waals surface area (Å²) in [4.78, 5) is 7.16. The van der Waals surface area contributed by atoms with Gasteiger partial charge in [-0.05, 0) is 35.7 Å². The van der Waals surface area contributed by atoms with Crippen molar-refractivity contribution in [3.8, 4) is 5.75 Å². The second-order valence-electron chi connectivity index (χ2n) is 7.77. The molecule has 30 heavy (non-hydrogen) atoms. The standard InChI is InChI=1S/C22H23N3O3S2/c1-28-18-8-6-17(7-9-18)14-25-22(19-4-2-3-5-20(19)30(25,26)27)10-12-24(16-22)15-21-23-11-13-29-21/h2-9,11,13H,10,12,14-16H2,1H3/t22-/m0/s1. The van der Waals surface area contributed by atoms with Crippen LogP contribution in [0.15, 0.2) is 65.0 Å². The first-order valence-corrected chi connectivity index (χ1v) is 12.2. The molecule has 2 aliphatic heterocycles. The van der Waals surface area contributed by atoms with Gasteiger partial charge in [0.05, 0.1) is 24.1 Å². The van der Waals surface area contributed by atoms with E-state index in [1.165, 1.54) is 0 Å². The molecule has 2 aromatic carbocycles. The number of sulfonamides is 1. The van der Waals surface area contributed by atoms with Crippen LogP contribution < -0.4 is 4.74 Å². The molecule has 3 heterocycles. The van der Waals surface area contributed by atoms with Crippen molar-refractivity contribution in [2.75, 3.05) is 20.2 Å². The summed E-state index contributed by atoms with van der Waals surface area (Å²) in [7, 11) is -1.95. The average Bonchev–Trinajstić information content (AvgIpc) is 3.46. The number of methoxy groups -OCH3 is 1. The van der Waals surface area contributed by atoms with E-state index < -0.39 is 15.6 Å². The van der Waals surface area contributed by atoms with Gasteiger partial charge in [-0.25, -0.2) is 13.4 Å². The molecule has 0 bridgehead atoms. The lowest BCUT2D eigenvalue weighted by molar-refractivity contribution is 0.184. The van der Waals surface area contributed by atoms with Gasteiger partial charge in [0.25, 0.3) is 0 Å². The molecule has 1 aromatic heterocycles. The highest BCUT2D eigenvalue weighted by Gasteiger charge is 2.56. The summed E-state index contributed by atoms with van der Waals surface area (Å²) >= 11 is 1.64. The van der Waals surface area contributed by atoms with Crippen LogP contribution in [-0.4, -0.2) is 42.8 Å². The predicted octanol–water partition coefficient (Wildman–Crippen LogP) is 3.46. The predicted molar refractivity (Wildman–Crippen MR) is 116 cm³/mol. The van der Waals surface area contributed by atoms with Gasteiger partial charge >= 0.3 is 0 Å². The molecule has 0 radical (unpaired) electrons. The fourth-order valence-electron chi connectivity index (χ4n) is 4.64. The minimum absolute atomic E-state index is 0.339. The molecule has 0 aliphatic carbocycles. The molecule has 2 aliphatic rings. The molecule has 1 spiro atoms. The Labute approximate surface area is 180 Å².